The highest BCUT2D eigenvalue weighted by Crippen LogP contribution is 2.29. The van der Waals surface area contributed by atoms with Gasteiger partial charge in [0.05, 0.1) is 36.2 Å². The minimum atomic E-state index is -0.467. The van der Waals surface area contributed by atoms with E-state index in [9.17, 15) is 9.59 Å². The third kappa shape index (κ3) is 5.77. The predicted octanol–water partition coefficient (Wildman–Crippen LogP) is 2.35. The summed E-state index contributed by atoms with van der Waals surface area (Å²) in [5.74, 6) is 1.83. The lowest BCUT2D eigenvalue weighted by molar-refractivity contribution is 0.108. The van der Waals surface area contributed by atoms with Crippen LogP contribution in [0.25, 0.3) is 11.0 Å². The Labute approximate surface area is 214 Å². The molecule has 11 nitrogen and oxygen atoms in total. The van der Waals surface area contributed by atoms with Gasteiger partial charge in [0.15, 0.2) is 11.5 Å². The molecule has 11 heteroatoms. The predicted molar refractivity (Wildman–Crippen MR) is 135 cm³/mol. The van der Waals surface area contributed by atoms with Crippen molar-refractivity contribution in [2.45, 2.75) is 45.0 Å². The van der Waals surface area contributed by atoms with E-state index in [1.807, 2.05) is 6.07 Å². The van der Waals surface area contributed by atoms with Crippen molar-refractivity contribution >= 4 is 17.1 Å². The summed E-state index contributed by atoms with van der Waals surface area (Å²) in [6.45, 7) is 5.22. The van der Waals surface area contributed by atoms with E-state index < -0.39 is 6.09 Å². The maximum atomic E-state index is 12.6. The molecule has 2 unspecified atom stereocenters. The Morgan fingerprint density at radius 1 is 1.14 bits per heavy atom. The summed E-state index contributed by atoms with van der Waals surface area (Å²) >= 11 is 0. The Morgan fingerprint density at radius 2 is 1.97 bits per heavy atom. The summed E-state index contributed by atoms with van der Waals surface area (Å²) in [5, 5.41) is 2.97. The number of nitrogens with zero attached hydrogens (tertiary/aromatic N) is 4. The number of hydrogen-bond donors (Lipinski definition) is 1. The summed E-state index contributed by atoms with van der Waals surface area (Å²) in [7, 11) is 1.58. The molecule has 0 spiro atoms. The molecule has 196 valence electrons. The summed E-state index contributed by atoms with van der Waals surface area (Å²) < 4.78 is 23.4. The number of methoxy groups -OCH3 is 1. The summed E-state index contributed by atoms with van der Waals surface area (Å²) in [4.78, 5) is 36.0. The first-order chi connectivity index (χ1) is 18.0. The molecule has 3 aromatic heterocycles. The Kier molecular flexibility index (Phi) is 7.40. The number of carbonyl (C=O) groups excluding carboxylic acids is 1. The van der Waals surface area contributed by atoms with E-state index >= 15 is 0 Å². The highest BCUT2D eigenvalue weighted by molar-refractivity contribution is 5.75. The number of hydrogen-bond acceptors (Lipinski definition) is 9. The number of ether oxygens (including phenoxy) is 4. The van der Waals surface area contributed by atoms with E-state index in [0.717, 1.165) is 30.4 Å². The largest absolute Gasteiger partial charge is 0.495 e. The van der Waals surface area contributed by atoms with Crippen molar-refractivity contribution in [3.05, 3.63) is 52.7 Å². The van der Waals surface area contributed by atoms with E-state index in [0.29, 0.717) is 49.2 Å². The maximum absolute atomic E-state index is 12.6. The molecule has 1 fully saturated rings. The normalized spacial score (nSPS) is 19.4. The van der Waals surface area contributed by atoms with Crippen molar-refractivity contribution in [1.29, 1.82) is 0 Å². The molecular formula is C26H31N5O6. The monoisotopic (exact) mass is 509 g/mol. The maximum Gasteiger partial charge on any atom is 0.407 e. The number of alkyl carbamates (subject to hydrolysis) is 1. The molecule has 2 aliphatic rings. The molecule has 5 rings (SSSR count). The number of rotatable bonds is 7. The van der Waals surface area contributed by atoms with Gasteiger partial charge in [-0.2, -0.15) is 0 Å². The molecular weight excluding hydrogens is 478 g/mol. The number of nitrogens with one attached hydrogen (secondary N) is 1. The standard InChI is InChI=1S/C26H31N5O6/c1-17-11-18(29-26(33)37-16-19-12-23-24(15-27-19)36-10-9-35-23)5-6-30(17)7-8-31-22-13-20(34-2)14-28-21(22)3-4-25(31)32/h3-4,12-15,17-18H,5-11,16H2,1-2H3,(H,29,33). The fraction of sp³-hybridized carbons (Fsp3) is 0.462. The van der Waals surface area contributed by atoms with Crippen molar-refractivity contribution in [3.63, 3.8) is 0 Å². The number of carbonyl (C=O) groups is 1. The molecule has 5 heterocycles. The molecule has 2 aliphatic heterocycles. The van der Waals surface area contributed by atoms with Gasteiger partial charge < -0.3 is 28.8 Å². The summed E-state index contributed by atoms with van der Waals surface area (Å²) in [5.41, 5.74) is 2.04. The SMILES string of the molecule is COc1cnc2ccc(=O)n(CCN3CCC(NC(=O)OCc4cc5c(cn4)OCCO5)CC3C)c2c1. The molecule has 3 aromatic rings. The Balaban J connectivity index is 1.12. The average Bonchev–Trinajstić information content (AvgIpc) is 2.92. The second-order valence-corrected chi connectivity index (χ2v) is 9.25. The van der Waals surface area contributed by atoms with E-state index in [2.05, 4.69) is 27.1 Å². The van der Waals surface area contributed by atoms with Crippen LogP contribution in [0.1, 0.15) is 25.5 Å². The smallest absolute Gasteiger partial charge is 0.407 e. The van der Waals surface area contributed by atoms with Crippen molar-refractivity contribution < 1.29 is 23.7 Å². The van der Waals surface area contributed by atoms with Gasteiger partial charge in [-0.25, -0.2) is 4.79 Å². The van der Waals surface area contributed by atoms with E-state index in [4.69, 9.17) is 18.9 Å². The van der Waals surface area contributed by atoms with E-state index in [-0.39, 0.29) is 24.2 Å². The van der Waals surface area contributed by atoms with Gasteiger partial charge in [-0.15, -0.1) is 0 Å². The molecule has 0 bridgehead atoms. The molecule has 1 N–H and O–H groups in total. The first-order valence-electron chi connectivity index (χ1n) is 12.5. The minimum Gasteiger partial charge on any atom is -0.495 e. The van der Waals surface area contributed by atoms with Gasteiger partial charge in [-0.3, -0.25) is 19.7 Å². The molecule has 0 saturated carbocycles. The lowest BCUT2D eigenvalue weighted by atomic mass is 9.98. The van der Waals surface area contributed by atoms with E-state index in [1.54, 1.807) is 42.3 Å². The zero-order valence-electron chi connectivity index (χ0n) is 21.0. The van der Waals surface area contributed by atoms with Gasteiger partial charge in [0, 0.05) is 49.9 Å². The van der Waals surface area contributed by atoms with Crippen LogP contribution < -0.4 is 25.1 Å². The first-order valence-corrected chi connectivity index (χ1v) is 12.5. The number of pyridine rings is 3. The Bertz CT molecular complexity index is 1330. The lowest BCUT2D eigenvalue weighted by Gasteiger charge is -2.37. The van der Waals surface area contributed by atoms with Gasteiger partial charge in [-0.05, 0) is 25.8 Å². The zero-order valence-corrected chi connectivity index (χ0v) is 21.0. The van der Waals surface area contributed by atoms with Crippen molar-refractivity contribution in [1.82, 2.24) is 24.8 Å². The highest BCUT2D eigenvalue weighted by atomic mass is 16.6. The highest BCUT2D eigenvalue weighted by Gasteiger charge is 2.27. The Hall–Kier alpha value is -3.86. The Morgan fingerprint density at radius 3 is 2.78 bits per heavy atom. The molecule has 1 saturated heterocycles. The molecule has 2 atom stereocenters. The van der Waals surface area contributed by atoms with Crippen LogP contribution >= 0.6 is 0 Å². The van der Waals surface area contributed by atoms with Crippen LogP contribution in [-0.4, -0.2) is 71.0 Å². The minimum absolute atomic E-state index is 0.0146. The third-order valence-electron chi connectivity index (χ3n) is 6.83. The fourth-order valence-electron chi connectivity index (χ4n) is 4.82. The van der Waals surface area contributed by atoms with Crippen LogP contribution in [0.5, 0.6) is 17.2 Å². The quantitative estimate of drug-likeness (QED) is 0.512. The number of fused-ring (bicyclic) bond motifs is 2. The summed E-state index contributed by atoms with van der Waals surface area (Å²) in [6, 6.07) is 7.10. The van der Waals surface area contributed by atoms with Crippen LogP contribution in [0.2, 0.25) is 0 Å². The van der Waals surface area contributed by atoms with Gasteiger partial charge in [0.2, 0.25) is 0 Å². The first kappa shape index (κ1) is 24.8. The van der Waals surface area contributed by atoms with Gasteiger partial charge >= 0.3 is 6.09 Å². The second-order valence-electron chi connectivity index (χ2n) is 9.25. The number of piperidine rings is 1. The fourth-order valence-corrected chi connectivity index (χ4v) is 4.82. The van der Waals surface area contributed by atoms with Crippen molar-refractivity contribution in [2.75, 3.05) is 33.4 Å². The van der Waals surface area contributed by atoms with Gasteiger partial charge in [0.1, 0.15) is 25.6 Å². The molecule has 1 amide bonds. The van der Waals surface area contributed by atoms with Crippen molar-refractivity contribution in [2.24, 2.45) is 0 Å². The molecule has 0 radical (unpaired) electrons. The van der Waals surface area contributed by atoms with Crippen LogP contribution in [0.15, 0.2) is 41.5 Å². The number of likely N-dealkylation sites (tertiary alicyclic amines) is 1. The van der Waals surface area contributed by atoms with Crippen LogP contribution in [0.3, 0.4) is 0 Å². The van der Waals surface area contributed by atoms with Gasteiger partial charge in [-0.1, -0.05) is 0 Å². The average molecular weight is 510 g/mol. The van der Waals surface area contributed by atoms with Crippen LogP contribution in [0.4, 0.5) is 4.79 Å². The summed E-state index contributed by atoms with van der Waals surface area (Å²) in [6.07, 6.45) is 4.35. The van der Waals surface area contributed by atoms with E-state index in [1.165, 1.54) is 0 Å². The van der Waals surface area contributed by atoms with Crippen LogP contribution in [-0.2, 0) is 17.9 Å². The topological polar surface area (TPSA) is 117 Å². The molecule has 0 aromatic carbocycles. The van der Waals surface area contributed by atoms with Crippen LogP contribution in [0, 0.1) is 0 Å². The molecule has 37 heavy (non-hydrogen) atoms. The number of amides is 1. The molecule has 0 aliphatic carbocycles. The second kappa shape index (κ2) is 11.0. The third-order valence-corrected chi connectivity index (χ3v) is 6.83. The number of aromatic nitrogens is 3. The van der Waals surface area contributed by atoms with Gasteiger partial charge in [0.25, 0.3) is 5.56 Å². The van der Waals surface area contributed by atoms with Crippen molar-refractivity contribution in [3.8, 4) is 17.2 Å². The lowest BCUT2D eigenvalue weighted by Crippen LogP contribution is -2.49. The zero-order chi connectivity index (χ0) is 25.8.